The maximum Gasteiger partial charge on any atom is 0.238 e. The van der Waals surface area contributed by atoms with Gasteiger partial charge in [0.05, 0.1) is 5.75 Å². The van der Waals surface area contributed by atoms with Gasteiger partial charge in [-0.1, -0.05) is 36.8 Å². The van der Waals surface area contributed by atoms with Crippen molar-refractivity contribution in [2.45, 2.75) is 39.0 Å². The Bertz CT molecular complexity index is 500. The number of sulfonamides is 1. The van der Waals surface area contributed by atoms with Crippen molar-refractivity contribution in [1.29, 1.82) is 0 Å². The monoisotopic (exact) mass is 305 g/mol. The molecule has 1 aromatic rings. The van der Waals surface area contributed by atoms with Crippen molar-refractivity contribution in [2.75, 3.05) is 12.3 Å². The summed E-state index contributed by atoms with van der Waals surface area (Å²) in [6, 6.07) is 7.88. The molecule has 0 aliphatic rings. The SMILES string of the molecule is Cc1ccc(C(C)CNS(=O)(=O)CCCC(F)F)cc1. The van der Waals surface area contributed by atoms with E-state index in [0.29, 0.717) is 0 Å². The quantitative estimate of drug-likeness (QED) is 0.802. The van der Waals surface area contributed by atoms with Gasteiger partial charge >= 0.3 is 0 Å². The van der Waals surface area contributed by atoms with Gasteiger partial charge in [-0.15, -0.1) is 0 Å². The Morgan fingerprint density at radius 1 is 1.20 bits per heavy atom. The summed E-state index contributed by atoms with van der Waals surface area (Å²) in [5.74, 6) is -0.210. The standard InChI is InChI=1S/C14H21F2NO2S/c1-11-5-7-13(8-6-11)12(2)10-17-20(18,19)9-3-4-14(15)16/h5-8,12,14,17H,3-4,9-10H2,1-2H3. The molecule has 1 atom stereocenters. The largest absolute Gasteiger partial charge is 0.238 e. The molecule has 1 aromatic carbocycles. The van der Waals surface area contributed by atoms with Crippen LogP contribution in [0.3, 0.4) is 0 Å². The normalized spacial score (nSPS) is 13.7. The van der Waals surface area contributed by atoms with E-state index in [1.807, 2.05) is 38.1 Å². The molecule has 1 N–H and O–H groups in total. The second-order valence-corrected chi connectivity index (χ2v) is 6.94. The van der Waals surface area contributed by atoms with E-state index in [0.717, 1.165) is 11.1 Å². The van der Waals surface area contributed by atoms with E-state index in [1.54, 1.807) is 0 Å². The van der Waals surface area contributed by atoms with Crippen LogP contribution >= 0.6 is 0 Å². The van der Waals surface area contributed by atoms with Crippen LogP contribution in [0.2, 0.25) is 0 Å². The lowest BCUT2D eigenvalue weighted by atomic mass is 10.0. The molecule has 1 rings (SSSR count). The van der Waals surface area contributed by atoms with Crippen LogP contribution in [0.4, 0.5) is 8.78 Å². The van der Waals surface area contributed by atoms with Gasteiger partial charge in [-0.2, -0.15) is 0 Å². The highest BCUT2D eigenvalue weighted by Crippen LogP contribution is 2.15. The summed E-state index contributed by atoms with van der Waals surface area (Å²) in [4.78, 5) is 0. The summed E-state index contributed by atoms with van der Waals surface area (Å²) in [6.45, 7) is 4.19. The van der Waals surface area contributed by atoms with Gasteiger partial charge in [0.15, 0.2) is 0 Å². The summed E-state index contributed by atoms with van der Waals surface area (Å²) in [7, 11) is -3.47. The minimum Gasteiger partial charge on any atom is -0.215 e. The summed E-state index contributed by atoms with van der Waals surface area (Å²) in [6.07, 6.45) is -2.85. The minimum absolute atomic E-state index is 0.0219. The molecule has 0 aliphatic carbocycles. The van der Waals surface area contributed by atoms with E-state index in [-0.39, 0.29) is 31.1 Å². The second-order valence-electron chi connectivity index (χ2n) is 5.01. The van der Waals surface area contributed by atoms with E-state index in [4.69, 9.17) is 0 Å². The first-order valence-electron chi connectivity index (χ1n) is 6.62. The van der Waals surface area contributed by atoms with Gasteiger partial charge in [0.25, 0.3) is 0 Å². The van der Waals surface area contributed by atoms with Crippen LogP contribution in [-0.2, 0) is 10.0 Å². The topological polar surface area (TPSA) is 46.2 Å². The third-order valence-electron chi connectivity index (χ3n) is 3.09. The van der Waals surface area contributed by atoms with Gasteiger partial charge in [0, 0.05) is 13.0 Å². The Morgan fingerprint density at radius 3 is 2.35 bits per heavy atom. The molecule has 0 amide bonds. The molecule has 0 aromatic heterocycles. The third kappa shape index (κ3) is 6.43. The first kappa shape index (κ1) is 17.0. The number of hydrogen-bond acceptors (Lipinski definition) is 2. The summed E-state index contributed by atoms with van der Waals surface area (Å²) < 4.78 is 49.7. The van der Waals surface area contributed by atoms with Gasteiger partial charge in [-0.25, -0.2) is 21.9 Å². The highest BCUT2D eigenvalue weighted by molar-refractivity contribution is 7.89. The van der Waals surface area contributed by atoms with Crippen LogP contribution in [-0.4, -0.2) is 27.1 Å². The molecule has 0 aliphatic heterocycles. The Kier molecular flexibility index (Phi) is 6.55. The van der Waals surface area contributed by atoms with Gasteiger partial charge < -0.3 is 0 Å². The van der Waals surface area contributed by atoms with E-state index >= 15 is 0 Å². The highest BCUT2D eigenvalue weighted by Gasteiger charge is 2.14. The Labute approximate surface area is 119 Å². The Hall–Kier alpha value is -1.01. The van der Waals surface area contributed by atoms with E-state index in [2.05, 4.69) is 4.72 Å². The smallest absolute Gasteiger partial charge is 0.215 e. The molecule has 3 nitrogen and oxygen atoms in total. The van der Waals surface area contributed by atoms with Crippen molar-refractivity contribution in [3.63, 3.8) is 0 Å². The van der Waals surface area contributed by atoms with Crippen molar-refractivity contribution in [1.82, 2.24) is 4.72 Å². The minimum atomic E-state index is -3.47. The van der Waals surface area contributed by atoms with Crippen LogP contribution in [0.15, 0.2) is 24.3 Å². The van der Waals surface area contributed by atoms with Crippen LogP contribution in [0.1, 0.15) is 36.8 Å². The number of nitrogens with one attached hydrogen (secondary N) is 1. The van der Waals surface area contributed by atoms with Gasteiger partial charge in [-0.3, -0.25) is 0 Å². The molecule has 0 fully saturated rings. The van der Waals surface area contributed by atoms with Crippen LogP contribution in [0.25, 0.3) is 0 Å². The second kappa shape index (κ2) is 7.69. The fraction of sp³-hybridized carbons (Fsp3) is 0.571. The first-order chi connectivity index (χ1) is 9.30. The van der Waals surface area contributed by atoms with Crippen molar-refractivity contribution < 1.29 is 17.2 Å². The zero-order valence-corrected chi connectivity index (χ0v) is 12.6. The molecule has 114 valence electrons. The fourth-order valence-electron chi connectivity index (χ4n) is 1.76. The fourth-order valence-corrected chi connectivity index (χ4v) is 2.96. The van der Waals surface area contributed by atoms with E-state index in [1.165, 1.54) is 0 Å². The average molecular weight is 305 g/mol. The molecule has 0 saturated carbocycles. The number of rotatable bonds is 8. The van der Waals surface area contributed by atoms with E-state index in [9.17, 15) is 17.2 Å². The zero-order chi connectivity index (χ0) is 15.2. The van der Waals surface area contributed by atoms with Crippen molar-refractivity contribution in [3.8, 4) is 0 Å². The molecule has 0 saturated heterocycles. The molecule has 20 heavy (non-hydrogen) atoms. The molecule has 0 spiro atoms. The number of hydrogen-bond donors (Lipinski definition) is 1. The predicted octanol–water partition coefficient (Wildman–Crippen LogP) is 3.06. The van der Waals surface area contributed by atoms with E-state index < -0.39 is 16.4 Å². The molecular weight excluding hydrogens is 284 g/mol. The molecule has 0 radical (unpaired) electrons. The maximum atomic E-state index is 12.0. The zero-order valence-electron chi connectivity index (χ0n) is 11.8. The molecular formula is C14H21F2NO2S. The van der Waals surface area contributed by atoms with Gasteiger partial charge in [0.2, 0.25) is 16.4 Å². The third-order valence-corrected chi connectivity index (χ3v) is 4.52. The lowest BCUT2D eigenvalue weighted by Gasteiger charge is -2.13. The Morgan fingerprint density at radius 2 is 1.80 bits per heavy atom. The summed E-state index contributed by atoms with van der Waals surface area (Å²) in [5, 5.41) is 0. The van der Waals surface area contributed by atoms with Crippen LogP contribution in [0, 0.1) is 6.92 Å². The van der Waals surface area contributed by atoms with Gasteiger partial charge in [-0.05, 0) is 24.8 Å². The maximum absolute atomic E-state index is 12.0. The predicted molar refractivity (Wildman–Crippen MR) is 76.6 cm³/mol. The van der Waals surface area contributed by atoms with Crippen LogP contribution in [0.5, 0.6) is 0 Å². The number of aryl methyl sites for hydroxylation is 1. The van der Waals surface area contributed by atoms with Crippen molar-refractivity contribution >= 4 is 10.0 Å². The number of benzene rings is 1. The molecule has 6 heteroatoms. The molecule has 1 unspecified atom stereocenters. The lowest BCUT2D eigenvalue weighted by molar-refractivity contribution is 0.137. The van der Waals surface area contributed by atoms with Crippen LogP contribution < -0.4 is 4.72 Å². The average Bonchev–Trinajstić information content (AvgIpc) is 2.36. The van der Waals surface area contributed by atoms with Gasteiger partial charge in [0.1, 0.15) is 0 Å². The summed E-state index contributed by atoms with van der Waals surface area (Å²) >= 11 is 0. The number of alkyl halides is 2. The lowest BCUT2D eigenvalue weighted by Crippen LogP contribution is -2.30. The van der Waals surface area contributed by atoms with Crippen molar-refractivity contribution in [3.05, 3.63) is 35.4 Å². The van der Waals surface area contributed by atoms with Crippen molar-refractivity contribution in [2.24, 2.45) is 0 Å². The molecule has 0 bridgehead atoms. The summed E-state index contributed by atoms with van der Waals surface area (Å²) in [5.41, 5.74) is 2.19. The first-order valence-corrected chi connectivity index (χ1v) is 8.27. The Balaban J connectivity index is 2.43. The number of halogens is 2. The molecule has 0 heterocycles. The highest BCUT2D eigenvalue weighted by atomic mass is 32.2.